The molecule has 0 aromatic carbocycles. The summed E-state index contributed by atoms with van der Waals surface area (Å²) in [4.78, 5) is 11.1. The van der Waals surface area contributed by atoms with Crippen LogP contribution >= 0.6 is 0 Å². The second-order valence-corrected chi connectivity index (χ2v) is 11.4. The van der Waals surface area contributed by atoms with Crippen LogP contribution in [0.4, 0.5) is 0 Å². The maximum atomic E-state index is 11.1. The fourth-order valence-electron chi connectivity index (χ4n) is 8.83. The predicted molar refractivity (Wildman–Crippen MR) is 109 cm³/mol. The molecule has 0 spiro atoms. The molecule has 4 fully saturated rings. The molecule has 4 aliphatic carbocycles. The number of rotatable bonds is 4. The third-order valence-corrected chi connectivity index (χ3v) is 10.3. The summed E-state index contributed by atoms with van der Waals surface area (Å²) in [6, 6.07) is 0. The van der Waals surface area contributed by atoms with Crippen LogP contribution in [0.5, 0.6) is 0 Å². The van der Waals surface area contributed by atoms with Crippen LogP contribution < -0.4 is 0 Å². The van der Waals surface area contributed by atoms with Crippen LogP contribution in [0, 0.1) is 46.3 Å². The van der Waals surface area contributed by atoms with Gasteiger partial charge in [-0.3, -0.25) is 0 Å². The molecule has 0 amide bonds. The third-order valence-electron chi connectivity index (χ3n) is 10.3. The van der Waals surface area contributed by atoms with Gasteiger partial charge in [-0.1, -0.05) is 20.8 Å². The topological polar surface area (TPSA) is 77.8 Å². The van der Waals surface area contributed by atoms with Crippen molar-refractivity contribution in [3.05, 3.63) is 0 Å². The van der Waals surface area contributed by atoms with Crippen molar-refractivity contribution in [3.8, 4) is 0 Å². The second-order valence-electron chi connectivity index (χ2n) is 11.4. The van der Waals surface area contributed by atoms with Crippen LogP contribution in [0.2, 0.25) is 0 Å². The summed E-state index contributed by atoms with van der Waals surface area (Å²) in [7, 11) is 0. The van der Waals surface area contributed by atoms with Crippen molar-refractivity contribution in [3.63, 3.8) is 0 Å². The van der Waals surface area contributed by atoms with E-state index in [1.807, 2.05) is 0 Å². The van der Waals surface area contributed by atoms with Crippen LogP contribution in [0.25, 0.3) is 0 Å². The van der Waals surface area contributed by atoms with Gasteiger partial charge in [0.2, 0.25) is 0 Å². The minimum Gasteiger partial charge on any atom is -0.479 e. The standard InChI is InChI=1S/C24H40O4/c1-14(12-21(26)22(27)28)18-6-7-19-17-5-4-15-13-16(25)8-10-23(15,2)20(17)9-11-24(18,19)3/h14-21,25-26H,4-13H2,1-3H3,(H,27,28)/t14-,15?,16-,17+,18-,19+,20+,21?,23+,24-/m1/s1. The molecule has 4 heteroatoms. The van der Waals surface area contributed by atoms with Crippen LogP contribution in [0.15, 0.2) is 0 Å². The molecule has 0 aromatic rings. The third kappa shape index (κ3) is 3.14. The summed E-state index contributed by atoms with van der Waals surface area (Å²) in [6.07, 6.45) is 9.86. The van der Waals surface area contributed by atoms with Gasteiger partial charge in [-0.15, -0.1) is 0 Å². The molecule has 28 heavy (non-hydrogen) atoms. The van der Waals surface area contributed by atoms with Crippen molar-refractivity contribution in [2.45, 2.75) is 97.2 Å². The Hall–Kier alpha value is -0.610. The fourth-order valence-corrected chi connectivity index (χ4v) is 8.83. The minimum atomic E-state index is -1.22. The lowest BCUT2D eigenvalue weighted by Crippen LogP contribution is -2.54. The number of hydrogen-bond acceptors (Lipinski definition) is 3. The molecular weight excluding hydrogens is 352 g/mol. The van der Waals surface area contributed by atoms with E-state index in [0.717, 1.165) is 30.6 Å². The Morgan fingerprint density at radius 3 is 2.39 bits per heavy atom. The Labute approximate surface area is 170 Å². The number of carboxylic acid groups (broad SMARTS) is 1. The summed E-state index contributed by atoms with van der Waals surface area (Å²) in [5.74, 6) is 2.77. The number of aliphatic carboxylic acids is 1. The van der Waals surface area contributed by atoms with Gasteiger partial charge < -0.3 is 15.3 Å². The Morgan fingerprint density at radius 2 is 1.68 bits per heavy atom. The van der Waals surface area contributed by atoms with Gasteiger partial charge in [-0.25, -0.2) is 4.79 Å². The quantitative estimate of drug-likeness (QED) is 0.659. The van der Waals surface area contributed by atoms with Crippen LogP contribution in [-0.2, 0) is 4.79 Å². The summed E-state index contributed by atoms with van der Waals surface area (Å²) in [5, 5.41) is 29.2. The first kappa shape index (κ1) is 20.7. The predicted octanol–water partition coefficient (Wildman–Crippen LogP) is 4.48. The van der Waals surface area contributed by atoms with E-state index in [1.165, 1.54) is 44.9 Å². The van der Waals surface area contributed by atoms with Crippen molar-refractivity contribution in [1.82, 2.24) is 0 Å². The Balaban J connectivity index is 1.51. The van der Waals surface area contributed by atoms with E-state index in [0.29, 0.717) is 29.1 Å². The molecule has 0 aliphatic heterocycles. The normalized spacial score (nSPS) is 50.2. The molecule has 160 valence electrons. The van der Waals surface area contributed by atoms with Crippen molar-refractivity contribution in [2.24, 2.45) is 46.3 Å². The maximum absolute atomic E-state index is 11.1. The molecule has 4 aliphatic rings. The van der Waals surface area contributed by atoms with E-state index in [9.17, 15) is 15.0 Å². The molecular formula is C24H40O4. The van der Waals surface area contributed by atoms with Crippen molar-refractivity contribution < 1.29 is 20.1 Å². The number of carboxylic acids is 1. The van der Waals surface area contributed by atoms with E-state index in [4.69, 9.17) is 5.11 Å². The molecule has 0 radical (unpaired) electrons. The highest BCUT2D eigenvalue weighted by molar-refractivity contribution is 5.71. The van der Waals surface area contributed by atoms with Gasteiger partial charge in [-0.05, 0) is 111 Å². The number of fused-ring (bicyclic) bond motifs is 5. The lowest BCUT2D eigenvalue weighted by molar-refractivity contribution is -0.148. The van der Waals surface area contributed by atoms with Gasteiger partial charge in [0, 0.05) is 0 Å². The van der Waals surface area contributed by atoms with Gasteiger partial charge >= 0.3 is 5.97 Å². The maximum Gasteiger partial charge on any atom is 0.332 e. The van der Waals surface area contributed by atoms with Gasteiger partial charge in [0.05, 0.1) is 6.10 Å². The number of carbonyl (C=O) groups is 1. The molecule has 10 atom stereocenters. The van der Waals surface area contributed by atoms with E-state index < -0.39 is 12.1 Å². The summed E-state index contributed by atoms with van der Waals surface area (Å²) in [6.45, 7) is 7.17. The minimum absolute atomic E-state index is 0.0825. The highest BCUT2D eigenvalue weighted by Crippen LogP contribution is 2.68. The zero-order chi connectivity index (χ0) is 20.3. The average Bonchev–Trinajstić information content (AvgIpc) is 2.99. The first-order valence-electron chi connectivity index (χ1n) is 11.8. The van der Waals surface area contributed by atoms with Crippen molar-refractivity contribution >= 4 is 5.97 Å². The first-order valence-corrected chi connectivity index (χ1v) is 11.8. The SMILES string of the molecule is C[C@H](CC(O)C(=O)O)[C@H]1CC[C@H]2[C@@H]3CCC4C[C@H](O)CC[C@]4(C)[C@H]3CC[C@]12C. The van der Waals surface area contributed by atoms with Gasteiger partial charge in [0.25, 0.3) is 0 Å². The molecule has 2 unspecified atom stereocenters. The molecule has 0 aromatic heterocycles. The molecule has 0 saturated heterocycles. The summed E-state index contributed by atoms with van der Waals surface area (Å²) in [5.41, 5.74) is 0.711. The molecule has 4 saturated carbocycles. The highest BCUT2D eigenvalue weighted by Gasteiger charge is 2.60. The molecule has 3 N–H and O–H groups in total. The van der Waals surface area contributed by atoms with E-state index in [1.54, 1.807) is 0 Å². The number of aliphatic hydroxyl groups excluding tert-OH is 2. The lowest BCUT2D eigenvalue weighted by Gasteiger charge is -2.61. The van der Waals surface area contributed by atoms with E-state index in [2.05, 4.69) is 20.8 Å². The molecule has 4 rings (SSSR count). The van der Waals surface area contributed by atoms with E-state index >= 15 is 0 Å². The lowest BCUT2D eigenvalue weighted by atomic mass is 9.44. The largest absolute Gasteiger partial charge is 0.479 e. The number of aliphatic hydroxyl groups is 2. The van der Waals surface area contributed by atoms with Crippen molar-refractivity contribution in [1.29, 1.82) is 0 Å². The fraction of sp³-hybridized carbons (Fsp3) is 0.958. The second kappa shape index (κ2) is 7.27. The smallest absolute Gasteiger partial charge is 0.332 e. The van der Waals surface area contributed by atoms with E-state index in [-0.39, 0.29) is 12.0 Å². The summed E-state index contributed by atoms with van der Waals surface area (Å²) < 4.78 is 0. The van der Waals surface area contributed by atoms with Gasteiger partial charge in [0.15, 0.2) is 6.10 Å². The Bertz CT molecular complexity index is 605. The highest BCUT2D eigenvalue weighted by atomic mass is 16.4. The monoisotopic (exact) mass is 392 g/mol. The Kier molecular flexibility index (Phi) is 5.36. The van der Waals surface area contributed by atoms with Crippen LogP contribution in [-0.4, -0.2) is 33.5 Å². The molecule has 0 bridgehead atoms. The van der Waals surface area contributed by atoms with Gasteiger partial charge in [-0.2, -0.15) is 0 Å². The van der Waals surface area contributed by atoms with Crippen LogP contribution in [0.1, 0.15) is 85.0 Å². The molecule has 0 heterocycles. The number of hydrogen-bond donors (Lipinski definition) is 3. The Morgan fingerprint density at radius 1 is 1.00 bits per heavy atom. The van der Waals surface area contributed by atoms with Crippen molar-refractivity contribution in [2.75, 3.05) is 0 Å². The van der Waals surface area contributed by atoms with Gasteiger partial charge in [0.1, 0.15) is 0 Å². The zero-order valence-corrected chi connectivity index (χ0v) is 17.9. The molecule has 4 nitrogen and oxygen atoms in total. The summed E-state index contributed by atoms with van der Waals surface area (Å²) >= 11 is 0. The van der Waals surface area contributed by atoms with Crippen LogP contribution in [0.3, 0.4) is 0 Å². The zero-order valence-electron chi connectivity index (χ0n) is 17.9. The average molecular weight is 393 g/mol. The first-order chi connectivity index (χ1) is 13.2.